The van der Waals surface area contributed by atoms with Crippen molar-refractivity contribution >= 4 is 21.4 Å². The Kier molecular flexibility index (Phi) is 5.84. The monoisotopic (exact) mass is 352 g/mol. The van der Waals surface area contributed by atoms with Gasteiger partial charge in [0.2, 0.25) is 20.9 Å². The minimum atomic E-state index is -4.94. The highest BCUT2D eigenvalue weighted by Gasteiger charge is 2.12. The minimum Gasteiger partial charge on any atom is -0.497 e. The molecule has 0 unspecified atom stereocenters. The zero-order chi connectivity index (χ0) is 16.9. The summed E-state index contributed by atoms with van der Waals surface area (Å²) in [5, 5.41) is 1.29. The van der Waals surface area contributed by atoms with Crippen molar-refractivity contribution in [2.24, 2.45) is 0 Å². The summed E-state index contributed by atoms with van der Waals surface area (Å²) < 4.78 is 40.5. The third-order valence-electron chi connectivity index (χ3n) is 2.93. The van der Waals surface area contributed by atoms with Crippen LogP contribution < -0.4 is 23.4 Å². The summed E-state index contributed by atoms with van der Waals surface area (Å²) in [7, 11) is -3.26. The van der Waals surface area contributed by atoms with Gasteiger partial charge in [-0.2, -0.15) is 0 Å². The Balaban J connectivity index is 0.000000338. The second kappa shape index (κ2) is 7.65. The zero-order valence-electron chi connectivity index (χ0n) is 12.1. The van der Waals surface area contributed by atoms with Crippen molar-refractivity contribution in [3.63, 3.8) is 0 Å². The first-order valence-corrected chi connectivity index (χ1v) is 8.50. The molecule has 0 N–H and O–H groups in total. The molecule has 0 aliphatic rings. The largest absolute Gasteiger partial charge is 0.497 e. The minimum absolute atomic E-state index is 0.893. The highest BCUT2D eigenvalue weighted by molar-refractivity contribution is 7.21. The number of methoxy groups -OCH3 is 1. The lowest BCUT2D eigenvalue weighted by Gasteiger charge is -2.17. The van der Waals surface area contributed by atoms with Gasteiger partial charge in [-0.15, -0.1) is 10.2 Å². The predicted molar refractivity (Wildman–Crippen MR) is 78.2 cm³/mol. The molecule has 0 bridgehead atoms. The Morgan fingerprint density at radius 1 is 0.826 bits per heavy atom. The first-order valence-electron chi connectivity index (χ1n) is 6.45. The molecule has 1 aromatic heterocycles. The van der Waals surface area contributed by atoms with Gasteiger partial charge in [0.25, 0.3) is 0 Å². The van der Waals surface area contributed by atoms with Crippen molar-refractivity contribution in [3.05, 3.63) is 60.7 Å². The molecule has 0 saturated heterocycles. The van der Waals surface area contributed by atoms with Crippen LogP contribution in [0.25, 0.3) is 20.5 Å². The number of rotatable bonds is 2. The molecule has 120 valence electrons. The van der Waals surface area contributed by atoms with E-state index in [-0.39, 0.29) is 0 Å². The molecule has 0 saturated carbocycles. The van der Waals surface area contributed by atoms with Gasteiger partial charge < -0.3 is 4.74 Å². The molecule has 2 aromatic carbocycles. The summed E-state index contributed by atoms with van der Waals surface area (Å²) in [5.41, 5.74) is 1.23. The molecule has 0 fully saturated rings. The molecule has 0 aliphatic heterocycles. The van der Waals surface area contributed by atoms with E-state index in [1.54, 1.807) is 7.11 Å². The number of fused-ring (bicyclic) bond motifs is 1. The predicted octanol–water partition coefficient (Wildman–Crippen LogP) is 0.102. The maximum atomic E-state index is 8.49. The lowest BCUT2D eigenvalue weighted by molar-refractivity contribution is -2.00. The standard InChI is InChI=1S/C16H13OS.ClHO4/c1-17-14-9-6-13(7-10-14)16-11-8-12-4-2-3-5-15(12)18-16;2-1(3,4)5/h2-11H,1H3;(H,2,3,4,5)/q+1;/p-1. The Hall–Kier alpha value is -1.80. The highest BCUT2D eigenvalue weighted by atomic mass is 35.7. The topological polar surface area (TPSA) is 101 Å². The summed E-state index contributed by atoms with van der Waals surface area (Å²) in [6.07, 6.45) is 0. The van der Waals surface area contributed by atoms with Crippen molar-refractivity contribution in [3.8, 4) is 16.2 Å². The summed E-state index contributed by atoms with van der Waals surface area (Å²) >= 11 is 1.81. The van der Waals surface area contributed by atoms with Gasteiger partial charge >= 0.3 is 0 Å². The van der Waals surface area contributed by atoms with Crippen LogP contribution in [0.5, 0.6) is 5.75 Å². The van der Waals surface area contributed by atoms with E-state index in [0.29, 0.717) is 0 Å². The van der Waals surface area contributed by atoms with Crippen molar-refractivity contribution in [2.45, 2.75) is 0 Å². The van der Waals surface area contributed by atoms with Crippen LogP contribution >= 0.6 is 11.3 Å². The average molecular weight is 353 g/mol. The highest BCUT2D eigenvalue weighted by Crippen LogP contribution is 2.30. The van der Waals surface area contributed by atoms with Crippen molar-refractivity contribution in [1.82, 2.24) is 0 Å². The molecule has 0 spiro atoms. The fourth-order valence-electron chi connectivity index (χ4n) is 1.94. The smallest absolute Gasteiger partial charge is 0.238 e. The second-order valence-electron chi connectivity index (χ2n) is 4.44. The first-order chi connectivity index (χ1) is 10.9. The molecule has 0 aliphatic carbocycles. The number of hydrogen-bond donors (Lipinski definition) is 0. The maximum absolute atomic E-state index is 8.49. The van der Waals surface area contributed by atoms with Crippen LogP contribution in [0.3, 0.4) is 0 Å². The fraction of sp³-hybridized carbons (Fsp3) is 0.0625. The number of ether oxygens (including phenoxy) is 1. The third-order valence-corrected chi connectivity index (χ3v) is 4.11. The normalized spacial score (nSPS) is 10.8. The second-order valence-corrected chi connectivity index (χ2v) is 6.28. The Morgan fingerprint density at radius 3 is 2.04 bits per heavy atom. The van der Waals surface area contributed by atoms with Gasteiger partial charge in [0, 0.05) is 23.1 Å². The van der Waals surface area contributed by atoms with Crippen LogP contribution in [0.2, 0.25) is 0 Å². The summed E-state index contributed by atoms with van der Waals surface area (Å²) in [6.45, 7) is 0. The Labute approximate surface area is 139 Å². The van der Waals surface area contributed by atoms with E-state index < -0.39 is 10.2 Å². The maximum Gasteiger partial charge on any atom is 0.238 e. The lowest BCUT2D eigenvalue weighted by atomic mass is 10.1. The summed E-state index contributed by atoms with van der Waals surface area (Å²) in [5.74, 6) is 0.893. The van der Waals surface area contributed by atoms with Gasteiger partial charge in [0.05, 0.1) is 7.11 Å². The molecule has 7 heteroatoms. The van der Waals surface area contributed by atoms with Crippen molar-refractivity contribution in [2.75, 3.05) is 7.11 Å². The zero-order valence-corrected chi connectivity index (χ0v) is 13.7. The average Bonchev–Trinajstić information content (AvgIpc) is 2.53. The molecule has 1 heterocycles. The summed E-state index contributed by atoms with van der Waals surface area (Å²) in [4.78, 5) is 1.27. The van der Waals surface area contributed by atoms with E-state index in [1.165, 1.54) is 20.5 Å². The summed E-state index contributed by atoms with van der Waals surface area (Å²) in [6, 6.07) is 21.0. The van der Waals surface area contributed by atoms with Crippen LogP contribution in [-0.2, 0) is 0 Å². The van der Waals surface area contributed by atoms with Gasteiger partial charge in [0.15, 0.2) is 0 Å². The molecule has 5 nitrogen and oxygen atoms in total. The molecule has 3 aromatic rings. The van der Waals surface area contributed by atoms with Crippen LogP contribution in [0.1, 0.15) is 0 Å². The van der Waals surface area contributed by atoms with Gasteiger partial charge in [-0.1, -0.05) is 12.1 Å². The molecular formula is C16H13ClO5S. The van der Waals surface area contributed by atoms with E-state index >= 15 is 0 Å². The van der Waals surface area contributed by atoms with Crippen LogP contribution in [0.15, 0.2) is 60.7 Å². The van der Waals surface area contributed by atoms with Crippen LogP contribution in [0, 0.1) is 10.2 Å². The molecule has 0 atom stereocenters. The van der Waals surface area contributed by atoms with Crippen LogP contribution in [0.4, 0.5) is 0 Å². The Bertz CT molecular complexity index is 765. The van der Waals surface area contributed by atoms with Crippen molar-refractivity contribution in [1.29, 1.82) is 0 Å². The number of benzene rings is 2. The molecule has 0 radical (unpaired) electrons. The number of hydrogen-bond acceptors (Lipinski definition) is 5. The van der Waals surface area contributed by atoms with E-state index in [9.17, 15) is 0 Å². The van der Waals surface area contributed by atoms with E-state index in [2.05, 4.69) is 48.5 Å². The van der Waals surface area contributed by atoms with Crippen molar-refractivity contribution < 1.29 is 33.6 Å². The van der Waals surface area contributed by atoms with E-state index in [1.807, 2.05) is 23.5 Å². The number of halogens is 1. The molecule has 0 amide bonds. The van der Waals surface area contributed by atoms with E-state index in [4.69, 9.17) is 23.4 Å². The molecule has 23 heavy (non-hydrogen) atoms. The van der Waals surface area contributed by atoms with Gasteiger partial charge in [-0.25, -0.2) is 18.6 Å². The molecule has 3 rings (SSSR count). The first kappa shape index (κ1) is 17.6. The van der Waals surface area contributed by atoms with Crippen LogP contribution in [-0.4, -0.2) is 7.11 Å². The molecular weight excluding hydrogens is 340 g/mol. The Morgan fingerprint density at radius 2 is 1.43 bits per heavy atom. The quantitative estimate of drug-likeness (QED) is 0.609. The van der Waals surface area contributed by atoms with Gasteiger partial charge in [-0.05, 0) is 36.4 Å². The van der Waals surface area contributed by atoms with E-state index in [0.717, 1.165) is 5.75 Å². The van der Waals surface area contributed by atoms with Gasteiger partial charge in [0.1, 0.15) is 5.75 Å². The van der Waals surface area contributed by atoms with Gasteiger partial charge in [-0.3, -0.25) is 0 Å². The SMILES string of the molecule is COc1ccc(-c2ccc3ccccc3[s+]2)cc1.[O-][Cl+3]([O-])([O-])[O-]. The lowest BCUT2D eigenvalue weighted by Crippen LogP contribution is -2.68. The fourth-order valence-corrected chi connectivity index (χ4v) is 2.97. The third kappa shape index (κ3) is 5.72.